The summed E-state index contributed by atoms with van der Waals surface area (Å²) in [5.41, 5.74) is 9.57. The van der Waals surface area contributed by atoms with Crippen molar-refractivity contribution in [3.63, 3.8) is 0 Å². The van der Waals surface area contributed by atoms with E-state index in [-0.39, 0.29) is 5.41 Å². The highest BCUT2D eigenvalue weighted by Gasteiger charge is 2.34. The molecule has 1 heterocycles. The minimum absolute atomic E-state index is 0.0160. The third-order valence-electron chi connectivity index (χ3n) is 4.75. The van der Waals surface area contributed by atoms with Crippen LogP contribution in [0.4, 0.5) is 5.69 Å². The third kappa shape index (κ3) is 4.61. The molecule has 0 aromatic heterocycles. The van der Waals surface area contributed by atoms with Gasteiger partial charge in [-0.1, -0.05) is 40.2 Å². The molecule has 0 amide bonds. The minimum atomic E-state index is -0.0160. The van der Waals surface area contributed by atoms with Crippen LogP contribution in [-0.4, -0.2) is 25.7 Å². The van der Waals surface area contributed by atoms with Crippen molar-refractivity contribution in [3.8, 4) is 0 Å². The van der Waals surface area contributed by atoms with Gasteiger partial charge in [0.1, 0.15) is 0 Å². The number of nitrogens with two attached hydrogens (primary N) is 1. The molecular weight excluding hydrogens is 378 g/mol. The lowest BCUT2D eigenvalue weighted by molar-refractivity contribution is 0.0531. The molecule has 132 valence electrons. The van der Waals surface area contributed by atoms with Crippen molar-refractivity contribution < 1.29 is 4.74 Å². The SMILES string of the molecule is Cc1cccc(NC(N)=NCC2(c3ccc(Br)cc3)CCOCC2)c1. The molecule has 3 N–H and O–H groups in total. The van der Waals surface area contributed by atoms with Crippen LogP contribution in [0.25, 0.3) is 0 Å². The molecule has 25 heavy (non-hydrogen) atoms. The summed E-state index contributed by atoms with van der Waals surface area (Å²) in [4.78, 5) is 4.66. The van der Waals surface area contributed by atoms with Gasteiger partial charge in [-0.05, 0) is 55.2 Å². The van der Waals surface area contributed by atoms with Gasteiger partial charge in [-0.2, -0.15) is 0 Å². The van der Waals surface area contributed by atoms with E-state index in [4.69, 9.17) is 10.5 Å². The summed E-state index contributed by atoms with van der Waals surface area (Å²) in [6, 6.07) is 16.6. The molecule has 5 heteroatoms. The lowest BCUT2D eigenvalue weighted by Crippen LogP contribution is -2.38. The Balaban J connectivity index is 1.77. The highest BCUT2D eigenvalue weighted by atomic mass is 79.9. The predicted octanol–water partition coefficient (Wildman–Crippen LogP) is 4.23. The second-order valence-corrected chi connectivity index (χ2v) is 7.51. The van der Waals surface area contributed by atoms with Gasteiger partial charge in [-0.25, -0.2) is 0 Å². The molecule has 3 rings (SSSR count). The van der Waals surface area contributed by atoms with Gasteiger partial charge >= 0.3 is 0 Å². The molecule has 0 radical (unpaired) electrons. The van der Waals surface area contributed by atoms with E-state index in [1.807, 2.05) is 12.1 Å². The summed E-state index contributed by atoms with van der Waals surface area (Å²) in [6.07, 6.45) is 1.91. The number of guanidine groups is 1. The number of halogens is 1. The lowest BCUT2D eigenvalue weighted by Gasteiger charge is -2.36. The van der Waals surface area contributed by atoms with E-state index >= 15 is 0 Å². The van der Waals surface area contributed by atoms with Crippen molar-refractivity contribution in [2.45, 2.75) is 25.2 Å². The second kappa shape index (κ2) is 8.02. The fourth-order valence-corrected chi connectivity index (χ4v) is 3.51. The summed E-state index contributed by atoms with van der Waals surface area (Å²) < 4.78 is 6.67. The Morgan fingerprint density at radius 3 is 2.60 bits per heavy atom. The fraction of sp³-hybridized carbons (Fsp3) is 0.350. The quantitative estimate of drug-likeness (QED) is 0.594. The Morgan fingerprint density at radius 1 is 1.20 bits per heavy atom. The number of nitrogens with zero attached hydrogens (tertiary/aromatic N) is 1. The molecule has 4 nitrogen and oxygen atoms in total. The van der Waals surface area contributed by atoms with E-state index in [1.54, 1.807) is 0 Å². The molecule has 0 bridgehead atoms. The van der Waals surface area contributed by atoms with E-state index < -0.39 is 0 Å². The maximum Gasteiger partial charge on any atom is 0.193 e. The third-order valence-corrected chi connectivity index (χ3v) is 5.28. The maximum absolute atomic E-state index is 6.13. The van der Waals surface area contributed by atoms with Crippen LogP contribution in [-0.2, 0) is 10.2 Å². The monoisotopic (exact) mass is 401 g/mol. The molecule has 0 aliphatic carbocycles. The number of rotatable bonds is 4. The largest absolute Gasteiger partial charge is 0.381 e. The van der Waals surface area contributed by atoms with E-state index in [9.17, 15) is 0 Å². The van der Waals surface area contributed by atoms with Crippen molar-refractivity contribution >= 4 is 27.6 Å². The average molecular weight is 402 g/mol. The van der Waals surface area contributed by atoms with Gasteiger partial charge < -0.3 is 15.8 Å². The standard InChI is InChI=1S/C20H24BrN3O/c1-15-3-2-4-18(13-15)24-19(22)23-14-20(9-11-25-12-10-20)16-5-7-17(21)8-6-16/h2-8,13H,9-12,14H2,1H3,(H3,22,23,24). The van der Waals surface area contributed by atoms with Gasteiger partial charge in [-0.3, -0.25) is 4.99 Å². The molecule has 1 aliphatic rings. The van der Waals surface area contributed by atoms with Crippen molar-refractivity contribution in [1.82, 2.24) is 0 Å². The highest BCUT2D eigenvalue weighted by Crippen LogP contribution is 2.35. The van der Waals surface area contributed by atoms with Crippen LogP contribution in [0.2, 0.25) is 0 Å². The zero-order valence-electron chi connectivity index (χ0n) is 14.5. The number of benzene rings is 2. The minimum Gasteiger partial charge on any atom is -0.381 e. The summed E-state index contributed by atoms with van der Waals surface area (Å²) in [7, 11) is 0. The predicted molar refractivity (Wildman–Crippen MR) is 107 cm³/mol. The van der Waals surface area contributed by atoms with Crippen LogP contribution >= 0.6 is 15.9 Å². The Kier molecular flexibility index (Phi) is 5.76. The van der Waals surface area contributed by atoms with Crippen LogP contribution in [0.1, 0.15) is 24.0 Å². The van der Waals surface area contributed by atoms with E-state index in [2.05, 4.69) is 69.6 Å². The number of aryl methyl sites for hydroxylation is 1. The number of hydrogen-bond donors (Lipinski definition) is 2. The number of ether oxygens (including phenoxy) is 1. The molecule has 0 atom stereocenters. The van der Waals surface area contributed by atoms with E-state index in [1.165, 1.54) is 11.1 Å². The molecule has 1 aliphatic heterocycles. The summed E-state index contributed by atoms with van der Waals surface area (Å²) in [5.74, 6) is 0.452. The van der Waals surface area contributed by atoms with E-state index in [0.29, 0.717) is 12.5 Å². The molecule has 1 fully saturated rings. The number of aliphatic imine (C=N–C) groups is 1. The molecule has 2 aromatic carbocycles. The molecule has 0 saturated carbocycles. The molecule has 1 saturated heterocycles. The van der Waals surface area contributed by atoms with Crippen molar-refractivity contribution in [2.24, 2.45) is 10.7 Å². The highest BCUT2D eigenvalue weighted by molar-refractivity contribution is 9.10. The van der Waals surface area contributed by atoms with Gasteiger partial charge in [0.2, 0.25) is 0 Å². The smallest absolute Gasteiger partial charge is 0.193 e. The van der Waals surface area contributed by atoms with Crippen LogP contribution in [0, 0.1) is 6.92 Å². The van der Waals surface area contributed by atoms with Crippen molar-refractivity contribution in [2.75, 3.05) is 25.1 Å². The molecule has 0 spiro atoms. The first kappa shape index (κ1) is 18.0. The Hall–Kier alpha value is -1.85. The number of hydrogen-bond acceptors (Lipinski definition) is 2. The van der Waals surface area contributed by atoms with Gasteiger partial charge in [0.05, 0.1) is 6.54 Å². The topological polar surface area (TPSA) is 59.6 Å². The molecular formula is C20H24BrN3O. The Bertz CT molecular complexity index is 737. The Labute approximate surface area is 157 Å². The Morgan fingerprint density at radius 2 is 1.92 bits per heavy atom. The first-order valence-electron chi connectivity index (χ1n) is 8.55. The average Bonchev–Trinajstić information content (AvgIpc) is 2.61. The van der Waals surface area contributed by atoms with Crippen LogP contribution in [0.3, 0.4) is 0 Å². The van der Waals surface area contributed by atoms with Crippen LogP contribution in [0.5, 0.6) is 0 Å². The second-order valence-electron chi connectivity index (χ2n) is 6.60. The number of nitrogens with one attached hydrogen (secondary N) is 1. The molecule has 0 unspecified atom stereocenters. The van der Waals surface area contributed by atoms with Crippen molar-refractivity contribution in [3.05, 3.63) is 64.1 Å². The van der Waals surface area contributed by atoms with Crippen molar-refractivity contribution in [1.29, 1.82) is 0 Å². The number of anilines is 1. The van der Waals surface area contributed by atoms with E-state index in [0.717, 1.165) is 36.2 Å². The fourth-order valence-electron chi connectivity index (χ4n) is 3.25. The zero-order chi connectivity index (χ0) is 17.7. The first-order chi connectivity index (χ1) is 12.1. The zero-order valence-corrected chi connectivity index (χ0v) is 16.1. The maximum atomic E-state index is 6.13. The summed E-state index contributed by atoms with van der Waals surface area (Å²) >= 11 is 3.51. The van der Waals surface area contributed by atoms with Gasteiger partial charge in [0.15, 0.2) is 5.96 Å². The summed E-state index contributed by atoms with van der Waals surface area (Å²) in [6.45, 7) is 4.24. The van der Waals surface area contributed by atoms with Crippen LogP contribution < -0.4 is 11.1 Å². The van der Waals surface area contributed by atoms with Gasteiger partial charge in [0, 0.05) is 28.8 Å². The summed E-state index contributed by atoms with van der Waals surface area (Å²) in [5, 5.41) is 3.19. The van der Waals surface area contributed by atoms with Gasteiger partial charge in [-0.15, -0.1) is 0 Å². The lowest BCUT2D eigenvalue weighted by atomic mass is 9.74. The first-order valence-corrected chi connectivity index (χ1v) is 9.34. The van der Waals surface area contributed by atoms with Crippen LogP contribution in [0.15, 0.2) is 58.0 Å². The van der Waals surface area contributed by atoms with Gasteiger partial charge in [0.25, 0.3) is 0 Å². The molecule has 2 aromatic rings. The normalized spacial score (nSPS) is 17.3.